The SMILES string of the molecule is CCOCCN(C)C(=O)c1ccc(N)nn1. The molecule has 0 fully saturated rings. The Kier molecular flexibility index (Phi) is 4.65. The molecule has 6 heteroatoms. The third-order valence-corrected chi connectivity index (χ3v) is 2.03. The van der Waals surface area contributed by atoms with Crippen LogP contribution < -0.4 is 5.73 Å². The van der Waals surface area contributed by atoms with Crippen molar-refractivity contribution in [3.63, 3.8) is 0 Å². The Morgan fingerprint density at radius 1 is 1.50 bits per heavy atom. The van der Waals surface area contributed by atoms with Gasteiger partial charge in [-0.05, 0) is 19.1 Å². The minimum atomic E-state index is -0.188. The lowest BCUT2D eigenvalue weighted by Crippen LogP contribution is -2.31. The molecule has 0 aliphatic carbocycles. The first-order chi connectivity index (χ1) is 7.65. The van der Waals surface area contributed by atoms with Crippen molar-refractivity contribution >= 4 is 11.7 Å². The van der Waals surface area contributed by atoms with E-state index < -0.39 is 0 Å². The summed E-state index contributed by atoms with van der Waals surface area (Å²) >= 11 is 0. The van der Waals surface area contributed by atoms with Gasteiger partial charge in [-0.15, -0.1) is 10.2 Å². The molecule has 0 aliphatic rings. The van der Waals surface area contributed by atoms with Crippen molar-refractivity contribution in [3.05, 3.63) is 17.8 Å². The van der Waals surface area contributed by atoms with Crippen LogP contribution in [0, 0.1) is 0 Å². The maximum absolute atomic E-state index is 11.8. The fourth-order valence-corrected chi connectivity index (χ4v) is 1.10. The van der Waals surface area contributed by atoms with Gasteiger partial charge in [0.25, 0.3) is 5.91 Å². The summed E-state index contributed by atoms with van der Waals surface area (Å²) in [5.74, 6) is 0.112. The Bertz CT molecular complexity index is 339. The number of ether oxygens (including phenoxy) is 1. The van der Waals surface area contributed by atoms with E-state index in [1.54, 1.807) is 19.2 Å². The van der Waals surface area contributed by atoms with E-state index in [2.05, 4.69) is 10.2 Å². The molecular formula is C10H16N4O2. The molecule has 1 heterocycles. The number of nitrogens with zero attached hydrogens (tertiary/aromatic N) is 3. The maximum Gasteiger partial charge on any atom is 0.274 e. The van der Waals surface area contributed by atoms with Crippen LogP contribution in [0.25, 0.3) is 0 Å². The van der Waals surface area contributed by atoms with Crippen LogP contribution in [0.3, 0.4) is 0 Å². The molecule has 0 aliphatic heterocycles. The molecule has 1 aromatic rings. The molecule has 1 amide bonds. The fourth-order valence-electron chi connectivity index (χ4n) is 1.10. The molecule has 0 atom stereocenters. The zero-order valence-electron chi connectivity index (χ0n) is 9.51. The third kappa shape index (κ3) is 3.47. The Hall–Kier alpha value is -1.69. The van der Waals surface area contributed by atoms with E-state index >= 15 is 0 Å². The Morgan fingerprint density at radius 3 is 2.81 bits per heavy atom. The molecule has 88 valence electrons. The highest BCUT2D eigenvalue weighted by Crippen LogP contribution is 2.01. The van der Waals surface area contributed by atoms with E-state index in [9.17, 15) is 4.79 Å². The average Bonchev–Trinajstić information content (AvgIpc) is 2.29. The highest BCUT2D eigenvalue weighted by molar-refractivity contribution is 5.92. The number of hydrogen-bond acceptors (Lipinski definition) is 5. The number of nitrogens with two attached hydrogens (primary N) is 1. The van der Waals surface area contributed by atoms with Gasteiger partial charge >= 0.3 is 0 Å². The number of anilines is 1. The van der Waals surface area contributed by atoms with Gasteiger partial charge in [-0.25, -0.2) is 0 Å². The molecule has 0 radical (unpaired) electrons. The highest BCUT2D eigenvalue weighted by Gasteiger charge is 2.12. The van der Waals surface area contributed by atoms with Gasteiger partial charge in [0, 0.05) is 20.2 Å². The van der Waals surface area contributed by atoms with Crippen molar-refractivity contribution in [1.82, 2.24) is 15.1 Å². The van der Waals surface area contributed by atoms with Crippen LogP contribution >= 0.6 is 0 Å². The number of likely N-dealkylation sites (N-methyl/N-ethyl adjacent to an activating group) is 1. The molecular weight excluding hydrogens is 208 g/mol. The Balaban J connectivity index is 2.53. The number of hydrogen-bond donors (Lipinski definition) is 1. The first kappa shape index (κ1) is 12.4. The molecule has 2 N–H and O–H groups in total. The van der Waals surface area contributed by atoms with Crippen LogP contribution in [0.4, 0.5) is 5.82 Å². The number of carbonyl (C=O) groups is 1. The normalized spacial score (nSPS) is 10.1. The first-order valence-corrected chi connectivity index (χ1v) is 5.07. The van der Waals surface area contributed by atoms with Crippen LogP contribution in [0.2, 0.25) is 0 Å². The third-order valence-electron chi connectivity index (χ3n) is 2.03. The molecule has 0 spiro atoms. The van der Waals surface area contributed by atoms with Gasteiger partial charge in [0.2, 0.25) is 0 Å². The molecule has 6 nitrogen and oxygen atoms in total. The average molecular weight is 224 g/mol. The molecule has 0 aromatic carbocycles. The number of amides is 1. The molecule has 16 heavy (non-hydrogen) atoms. The maximum atomic E-state index is 11.8. The zero-order chi connectivity index (χ0) is 12.0. The standard InChI is InChI=1S/C10H16N4O2/c1-3-16-7-6-14(2)10(15)8-4-5-9(11)13-12-8/h4-5H,3,6-7H2,1-2H3,(H2,11,13). The largest absolute Gasteiger partial charge is 0.382 e. The predicted molar refractivity (Wildman–Crippen MR) is 59.9 cm³/mol. The van der Waals surface area contributed by atoms with Crippen molar-refractivity contribution in [2.24, 2.45) is 0 Å². The number of rotatable bonds is 5. The lowest BCUT2D eigenvalue weighted by Gasteiger charge is -2.15. The van der Waals surface area contributed by atoms with Crippen LogP contribution in [-0.4, -0.2) is 47.8 Å². The summed E-state index contributed by atoms with van der Waals surface area (Å²) in [4.78, 5) is 13.3. The van der Waals surface area contributed by atoms with Gasteiger partial charge in [-0.1, -0.05) is 0 Å². The van der Waals surface area contributed by atoms with E-state index in [-0.39, 0.29) is 11.6 Å². The minimum Gasteiger partial charge on any atom is -0.382 e. The molecule has 0 saturated heterocycles. The van der Waals surface area contributed by atoms with Gasteiger partial charge in [-0.2, -0.15) is 0 Å². The van der Waals surface area contributed by atoms with Gasteiger partial charge in [0.05, 0.1) is 6.61 Å². The summed E-state index contributed by atoms with van der Waals surface area (Å²) in [6.07, 6.45) is 0. The van der Waals surface area contributed by atoms with Gasteiger partial charge in [0.1, 0.15) is 5.82 Å². The minimum absolute atomic E-state index is 0.188. The lowest BCUT2D eigenvalue weighted by atomic mass is 10.3. The lowest BCUT2D eigenvalue weighted by molar-refractivity contribution is 0.0703. The van der Waals surface area contributed by atoms with Crippen LogP contribution in [0.5, 0.6) is 0 Å². The van der Waals surface area contributed by atoms with Crippen molar-refractivity contribution < 1.29 is 9.53 Å². The van der Waals surface area contributed by atoms with Crippen LogP contribution in [0.1, 0.15) is 17.4 Å². The van der Waals surface area contributed by atoms with Crippen LogP contribution in [0.15, 0.2) is 12.1 Å². The molecule has 1 rings (SSSR count). The summed E-state index contributed by atoms with van der Waals surface area (Å²) in [7, 11) is 1.69. The fraction of sp³-hybridized carbons (Fsp3) is 0.500. The van der Waals surface area contributed by atoms with E-state index in [0.717, 1.165) is 0 Å². The Morgan fingerprint density at radius 2 is 2.25 bits per heavy atom. The van der Waals surface area contributed by atoms with Crippen molar-refractivity contribution in [2.45, 2.75) is 6.92 Å². The van der Waals surface area contributed by atoms with E-state index in [0.29, 0.717) is 25.6 Å². The predicted octanol–water partition coefficient (Wildman–Crippen LogP) is 0.167. The van der Waals surface area contributed by atoms with Crippen LogP contribution in [-0.2, 0) is 4.74 Å². The zero-order valence-corrected chi connectivity index (χ0v) is 9.51. The van der Waals surface area contributed by atoms with Gasteiger partial charge in [0.15, 0.2) is 5.69 Å². The highest BCUT2D eigenvalue weighted by atomic mass is 16.5. The van der Waals surface area contributed by atoms with Crippen molar-refractivity contribution in [1.29, 1.82) is 0 Å². The molecule has 0 saturated carbocycles. The molecule has 0 unspecified atom stereocenters. The van der Waals surface area contributed by atoms with Gasteiger partial charge < -0.3 is 15.4 Å². The molecule has 0 bridgehead atoms. The van der Waals surface area contributed by atoms with E-state index in [1.807, 2.05) is 6.92 Å². The van der Waals surface area contributed by atoms with Crippen molar-refractivity contribution in [3.8, 4) is 0 Å². The second-order valence-electron chi connectivity index (χ2n) is 3.27. The summed E-state index contributed by atoms with van der Waals surface area (Å²) in [6.45, 7) is 3.59. The summed E-state index contributed by atoms with van der Waals surface area (Å²) in [6, 6.07) is 3.11. The second kappa shape index (κ2) is 6.02. The summed E-state index contributed by atoms with van der Waals surface area (Å²) in [5, 5.41) is 7.35. The quantitative estimate of drug-likeness (QED) is 0.721. The van der Waals surface area contributed by atoms with E-state index in [1.165, 1.54) is 4.90 Å². The smallest absolute Gasteiger partial charge is 0.274 e. The Labute approximate surface area is 94.4 Å². The molecule has 1 aromatic heterocycles. The summed E-state index contributed by atoms with van der Waals surface area (Å²) < 4.78 is 5.16. The van der Waals surface area contributed by atoms with E-state index in [4.69, 9.17) is 10.5 Å². The number of aromatic nitrogens is 2. The monoisotopic (exact) mass is 224 g/mol. The number of carbonyl (C=O) groups excluding carboxylic acids is 1. The van der Waals surface area contributed by atoms with Gasteiger partial charge in [-0.3, -0.25) is 4.79 Å². The first-order valence-electron chi connectivity index (χ1n) is 5.07. The van der Waals surface area contributed by atoms with Crippen molar-refractivity contribution in [2.75, 3.05) is 32.5 Å². The topological polar surface area (TPSA) is 81.3 Å². The number of nitrogen functional groups attached to an aromatic ring is 1. The summed E-state index contributed by atoms with van der Waals surface area (Å²) in [5.41, 5.74) is 5.67. The second-order valence-corrected chi connectivity index (χ2v) is 3.27.